The molecule has 1 amide bonds. The molecule has 10 heteroatoms. The molecule has 1 aliphatic rings. The molecular formula is C26H24F3N3O4. The van der Waals surface area contributed by atoms with Gasteiger partial charge in [-0.3, -0.25) is 19.0 Å². The van der Waals surface area contributed by atoms with Crippen molar-refractivity contribution in [3.63, 3.8) is 0 Å². The molecule has 1 unspecified atom stereocenters. The number of aryl methyl sites for hydroxylation is 1. The number of amides is 1. The molecule has 1 aromatic heterocycles. The van der Waals surface area contributed by atoms with E-state index in [0.29, 0.717) is 40.7 Å². The first-order valence-corrected chi connectivity index (χ1v) is 11.3. The molecule has 1 heterocycles. The summed E-state index contributed by atoms with van der Waals surface area (Å²) < 4.78 is 42.2. The second-order valence-corrected chi connectivity index (χ2v) is 8.74. The van der Waals surface area contributed by atoms with E-state index in [4.69, 9.17) is 0 Å². The van der Waals surface area contributed by atoms with E-state index in [-0.39, 0.29) is 42.4 Å². The summed E-state index contributed by atoms with van der Waals surface area (Å²) in [5.74, 6) is -0.382. The number of fused-ring (bicyclic) bond motifs is 1. The number of nitrogens with one attached hydrogen (secondary N) is 1. The molecule has 0 bridgehead atoms. The Balaban J connectivity index is 1.52. The predicted molar refractivity (Wildman–Crippen MR) is 126 cm³/mol. The highest BCUT2D eigenvalue weighted by Gasteiger charge is 2.31. The Kier molecular flexibility index (Phi) is 6.96. The maximum absolute atomic E-state index is 13.5. The molecule has 4 rings (SSSR count). The molecule has 3 aromatic rings. The van der Waals surface area contributed by atoms with Gasteiger partial charge in [0.15, 0.2) is 5.78 Å². The minimum atomic E-state index is -4.79. The van der Waals surface area contributed by atoms with Crippen LogP contribution in [0, 0.1) is 6.92 Å². The van der Waals surface area contributed by atoms with Crippen molar-refractivity contribution >= 4 is 22.6 Å². The standard InChI is InChI=1S/C26H24F3N3O4/c1-15-6-11-21(22(33)12-15)32-16(2)31-20-5-3-4-18(24(20)25(32)35)14-30-23(34)13-17-7-9-19(10-8-17)36-26(27,28)29/h3-5,7-10,21H,1,6,11-14H2,2H3,(H,30,34). The van der Waals surface area contributed by atoms with Crippen molar-refractivity contribution in [3.05, 3.63) is 81.9 Å². The van der Waals surface area contributed by atoms with Crippen LogP contribution < -0.4 is 15.6 Å². The van der Waals surface area contributed by atoms with E-state index >= 15 is 0 Å². The zero-order valence-corrected chi connectivity index (χ0v) is 19.5. The summed E-state index contributed by atoms with van der Waals surface area (Å²) in [4.78, 5) is 43.2. The number of ketones is 1. The predicted octanol–water partition coefficient (Wildman–Crippen LogP) is 4.31. The number of ether oxygens (including phenoxy) is 1. The molecule has 0 saturated heterocycles. The van der Waals surface area contributed by atoms with Crippen molar-refractivity contribution in [1.29, 1.82) is 0 Å². The van der Waals surface area contributed by atoms with Crippen LogP contribution in [0.25, 0.3) is 10.9 Å². The number of rotatable bonds is 6. The van der Waals surface area contributed by atoms with E-state index in [2.05, 4.69) is 21.6 Å². The highest BCUT2D eigenvalue weighted by atomic mass is 19.4. The summed E-state index contributed by atoms with van der Waals surface area (Å²) in [5, 5.41) is 3.07. The van der Waals surface area contributed by atoms with Gasteiger partial charge in [-0.15, -0.1) is 13.2 Å². The molecule has 0 aliphatic heterocycles. The third-order valence-electron chi connectivity index (χ3n) is 6.07. The average Bonchev–Trinajstić information content (AvgIpc) is 2.79. The zero-order chi connectivity index (χ0) is 26.0. The lowest BCUT2D eigenvalue weighted by Crippen LogP contribution is -2.35. The van der Waals surface area contributed by atoms with E-state index in [1.165, 1.54) is 16.7 Å². The van der Waals surface area contributed by atoms with Crippen LogP contribution in [-0.2, 0) is 22.6 Å². The average molecular weight is 499 g/mol. The minimum Gasteiger partial charge on any atom is -0.406 e. The van der Waals surface area contributed by atoms with Crippen LogP contribution in [0.15, 0.2) is 59.4 Å². The van der Waals surface area contributed by atoms with Crippen LogP contribution in [-0.4, -0.2) is 27.6 Å². The van der Waals surface area contributed by atoms with Crippen LogP contribution >= 0.6 is 0 Å². The summed E-state index contributed by atoms with van der Waals surface area (Å²) in [6, 6.07) is 9.56. The minimum absolute atomic E-state index is 0.0425. The van der Waals surface area contributed by atoms with E-state index < -0.39 is 12.4 Å². The van der Waals surface area contributed by atoms with Gasteiger partial charge < -0.3 is 10.1 Å². The van der Waals surface area contributed by atoms with Crippen LogP contribution in [0.5, 0.6) is 5.75 Å². The lowest BCUT2D eigenvalue weighted by atomic mass is 9.90. The number of aromatic nitrogens is 2. The van der Waals surface area contributed by atoms with Gasteiger partial charge in [0.05, 0.1) is 23.4 Å². The van der Waals surface area contributed by atoms with Gasteiger partial charge in [0.2, 0.25) is 5.91 Å². The number of halogens is 3. The third-order valence-corrected chi connectivity index (χ3v) is 6.07. The number of Topliss-reactive ketones (excluding diaryl/α,β-unsaturated/α-hetero) is 1. The Labute approximate surface area is 204 Å². The van der Waals surface area contributed by atoms with E-state index in [9.17, 15) is 27.6 Å². The molecule has 1 saturated carbocycles. The normalized spacial score (nSPS) is 16.3. The Morgan fingerprint density at radius 3 is 2.58 bits per heavy atom. The molecule has 0 radical (unpaired) electrons. The maximum Gasteiger partial charge on any atom is 0.573 e. The topological polar surface area (TPSA) is 90.3 Å². The number of carbonyl (C=O) groups excluding carboxylic acids is 2. The Morgan fingerprint density at radius 1 is 1.19 bits per heavy atom. The van der Waals surface area contributed by atoms with Gasteiger partial charge in [0.25, 0.3) is 5.56 Å². The fourth-order valence-electron chi connectivity index (χ4n) is 4.41. The number of allylic oxidation sites excluding steroid dienone is 1. The van der Waals surface area contributed by atoms with Crippen LogP contribution in [0.1, 0.15) is 42.3 Å². The molecule has 36 heavy (non-hydrogen) atoms. The molecule has 0 spiro atoms. The number of carbonyl (C=O) groups is 2. The van der Waals surface area contributed by atoms with Crippen LogP contribution in [0.2, 0.25) is 0 Å². The highest BCUT2D eigenvalue weighted by Crippen LogP contribution is 2.28. The Morgan fingerprint density at radius 2 is 1.92 bits per heavy atom. The monoisotopic (exact) mass is 499 g/mol. The Bertz CT molecular complexity index is 1390. The van der Waals surface area contributed by atoms with Crippen molar-refractivity contribution < 1.29 is 27.5 Å². The number of alkyl halides is 3. The summed E-state index contributed by atoms with van der Waals surface area (Å²) in [6.07, 6.45) is -3.49. The molecule has 7 nitrogen and oxygen atoms in total. The highest BCUT2D eigenvalue weighted by molar-refractivity contribution is 5.87. The number of nitrogens with zero attached hydrogens (tertiary/aromatic N) is 2. The Hall–Kier alpha value is -3.95. The summed E-state index contributed by atoms with van der Waals surface area (Å²) in [7, 11) is 0. The lowest BCUT2D eigenvalue weighted by molar-refractivity contribution is -0.274. The van der Waals surface area contributed by atoms with Gasteiger partial charge >= 0.3 is 6.36 Å². The summed E-state index contributed by atoms with van der Waals surface area (Å²) >= 11 is 0. The van der Waals surface area contributed by atoms with Gasteiger partial charge in [-0.2, -0.15) is 0 Å². The first-order valence-electron chi connectivity index (χ1n) is 11.3. The fraction of sp³-hybridized carbons (Fsp3) is 0.308. The summed E-state index contributed by atoms with van der Waals surface area (Å²) in [5.41, 5.74) is 2.02. The largest absolute Gasteiger partial charge is 0.573 e. The molecular weight excluding hydrogens is 475 g/mol. The van der Waals surface area contributed by atoms with Crippen LogP contribution in [0.4, 0.5) is 13.2 Å². The van der Waals surface area contributed by atoms with Crippen molar-refractivity contribution in [3.8, 4) is 5.75 Å². The first kappa shape index (κ1) is 25.2. The lowest BCUT2D eigenvalue weighted by Gasteiger charge is -2.26. The number of benzene rings is 2. The third kappa shape index (κ3) is 5.64. The zero-order valence-electron chi connectivity index (χ0n) is 19.5. The van der Waals surface area contributed by atoms with Crippen LogP contribution in [0.3, 0.4) is 0 Å². The molecule has 2 aromatic carbocycles. The second kappa shape index (κ2) is 9.96. The van der Waals surface area contributed by atoms with E-state index in [1.54, 1.807) is 25.1 Å². The molecule has 1 fully saturated rings. The maximum atomic E-state index is 13.5. The second-order valence-electron chi connectivity index (χ2n) is 8.74. The molecule has 1 aliphatic carbocycles. The molecule has 188 valence electrons. The SMILES string of the molecule is C=C1CCC(n2c(C)nc3cccc(CNC(=O)Cc4ccc(OC(F)(F)F)cc4)c3c2=O)C(=O)C1. The first-order chi connectivity index (χ1) is 17.0. The van der Waals surface area contributed by atoms with Crippen molar-refractivity contribution in [2.45, 2.75) is 51.6 Å². The number of hydrogen-bond donors (Lipinski definition) is 1. The fourth-order valence-corrected chi connectivity index (χ4v) is 4.41. The van der Waals surface area contributed by atoms with Gasteiger partial charge in [-0.1, -0.05) is 36.4 Å². The van der Waals surface area contributed by atoms with Gasteiger partial charge in [0.1, 0.15) is 11.6 Å². The van der Waals surface area contributed by atoms with Crippen molar-refractivity contribution in [2.75, 3.05) is 0 Å². The van der Waals surface area contributed by atoms with Gasteiger partial charge in [-0.25, -0.2) is 4.98 Å². The van der Waals surface area contributed by atoms with E-state index in [0.717, 1.165) is 17.7 Å². The molecule has 1 atom stereocenters. The number of hydrogen-bond acceptors (Lipinski definition) is 5. The van der Waals surface area contributed by atoms with Crippen molar-refractivity contribution in [2.24, 2.45) is 0 Å². The van der Waals surface area contributed by atoms with E-state index in [1.807, 2.05) is 0 Å². The van der Waals surface area contributed by atoms with Gasteiger partial charge in [0, 0.05) is 13.0 Å². The van der Waals surface area contributed by atoms with Gasteiger partial charge in [-0.05, 0) is 49.1 Å². The smallest absolute Gasteiger partial charge is 0.406 e. The quantitative estimate of drug-likeness (QED) is 0.511. The summed E-state index contributed by atoms with van der Waals surface area (Å²) in [6.45, 7) is 5.61. The van der Waals surface area contributed by atoms with Crippen molar-refractivity contribution in [1.82, 2.24) is 14.9 Å². The molecule has 1 N–H and O–H groups in total.